The maximum atomic E-state index is 12.2. The molecule has 96 valence electrons. The van der Waals surface area contributed by atoms with E-state index in [1.807, 2.05) is 6.07 Å². The van der Waals surface area contributed by atoms with Crippen LogP contribution in [0.5, 0.6) is 0 Å². The molecule has 0 aliphatic heterocycles. The third kappa shape index (κ3) is 5.35. The van der Waals surface area contributed by atoms with Gasteiger partial charge in [0.25, 0.3) is 0 Å². The molecular formula is C12H17BrF2N2. The molecule has 0 amide bonds. The van der Waals surface area contributed by atoms with Crippen LogP contribution in [0.2, 0.25) is 0 Å². The third-order valence-corrected chi connectivity index (χ3v) is 3.13. The summed E-state index contributed by atoms with van der Waals surface area (Å²) in [7, 11) is 0. The topological polar surface area (TPSA) is 52.0 Å². The normalized spacial score (nSPS) is 18.1. The Balaban J connectivity index is 0.000000171. The Morgan fingerprint density at radius 2 is 1.59 bits per heavy atom. The highest BCUT2D eigenvalue weighted by Gasteiger charge is 2.30. The van der Waals surface area contributed by atoms with Crippen LogP contribution in [0.4, 0.5) is 20.2 Å². The molecular weight excluding hydrogens is 290 g/mol. The standard InChI is InChI=1S/C6H7BrN2.C6H10F2/c7-4-1-2-5(8)6(9)3-4;7-6(8)4-2-1-3-5-6/h1-3H,8-9H2;1-5H2. The van der Waals surface area contributed by atoms with E-state index in [0.717, 1.165) is 10.9 Å². The highest BCUT2D eigenvalue weighted by Crippen LogP contribution is 2.32. The van der Waals surface area contributed by atoms with Crippen LogP contribution in [0.3, 0.4) is 0 Å². The van der Waals surface area contributed by atoms with Gasteiger partial charge in [0.1, 0.15) is 0 Å². The minimum Gasteiger partial charge on any atom is -0.397 e. The number of nitrogens with two attached hydrogens (primary N) is 2. The van der Waals surface area contributed by atoms with Crippen molar-refractivity contribution in [2.75, 3.05) is 11.5 Å². The first-order chi connectivity index (χ1) is 7.91. The lowest BCUT2D eigenvalue weighted by Crippen LogP contribution is -2.18. The first-order valence-corrected chi connectivity index (χ1v) is 6.38. The van der Waals surface area contributed by atoms with Gasteiger partial charge in [0, 0.05) is 17.3 Å². The van der Waals surface area contributed by atoms with Gasteiger partial charge in [-0.25, -0.2) is 8.78 Å². The largest absolute Gasteiger partial charge is 0.397 e. The summed E-state index contributed by atoms with van der Waals surface area (Å²) in [6, 6.07) is 5.39. The SMILES string of the molecule is FC1(F)CCCCC1.Nc1ccc(Br)cc1N. The Morgan fingerprint density at radius 1 is 1.00 bits per heavy atom. The molecule has 0 unspecified atom stereocenters. The summed E-state index contributed by atoms with van der Waals surface area (Å²) in [5, 5.41) is 0. The Hall–Kier alpha value is -0.840. The molecule has 0 radical (unpaired) electrons. The summed E-state index contributed by atoms with van der Waals surface area (Å²) in [5.74, 6) is -2.32. The predicted molar refractivity (Wildman–Crippen MR) is 71.0 cm³/mol. The van der Waals surface area contributed by atoms with Crippen LogP contribution in [0, 0.1) is 0 Å². The van der Waals surface area contributed by atoms with Crippen LogP contribution >= 0.6 is 15.9 Å². The highest BCUT2D eigenvalue weighted by molar-refractivity contribution is 9.10. The first kappa shape index (κ1) is 14.2. The van der Waals surface area contributed by atoms with E-state index in [4.69, 9.17) is 11.5 Å². The molecule has 2 nitrogen and oxygen atoms in total. The van der Waals surface area contributed by atoms with Gasteiger partial charge in [0.15, 0.2) is 0 Å². The summed E-state index contributed by atoms with van der Waals surface area (Å²) >= 11 is 3.26. The lowest BCUT2D eigenvalue weighted by Gasteiger charge is -2.20. The molecule has 0 atom stereocenters. The lowest BCUT2D eigenvalue weighted by atomic mass is 9.97. The monoisotopic (exact) mass is 306 g/mol. The number of rotatable bonds is 0. The van der Waals surface area contributed by atoms with Gasteiger partial charge in [0.2, 0.25) is 5.92 Å². The van der Waals surface area contributed by atoms with Crippen molar-refractivity contribution < 1.29 is 8.78 Å². The van der Waals surface area contributed by atoms with Crippen LogP contribution < -0.4 is 11.5 Å². The van der Waals surface area contributed by atoms with Crippen LogP contribution in [-0.2, 0) is 0 Å². The molecule has 1 aliphatic rings. The molecule has 2 rings (SSSR count). The molecule has 1 aliphatic carbocycles. The molecule has 5 heteroatoms. The number of anilines is 2. The molecule has 1 saturated carbocycles. The molecule has 0 saturated heterocycles. The van der Waals surface area contributed by atoms with Gasteiger partial charge in [-0.2, -0.15) is 0 Å². The van der Waals surface area contributed by atoms with Crippen LogP contribution in [-0.4, -0.2) is 5.92 Å². The van der Waals surface area contributed by atoms with E-state index in [9.17, 15) is 8.78 Å². The number of benzene rings is 1. The zero-order chi connectivity index (χ0) is 12.9. The minimum absolute atomic E-state index is 0.118. The fourth-order valence-electron chi connectivity index (χ4n) is 1.61. The van der Waals surface area contributed by atoms with Crippen LogP contribution in [0.25, 0.3) is 0 Å². The third-order valence-electron chi connectivity index (χ3n) is 2.63. The molecule has 1 aromatic rings. The zero-order valence-electron chi connectivity index (χ0n) is 9.56. The van der Waals surface area contributed by atoms with Crippen molar-refractivity contribution in [3.8, 4) is 0 Å². The quantitative estimate of drug-likeness (QED) is 0.706. The Morgan fingerprint density at radius 3 is 1.94 bits per heavy atom. The maximum Gasteiger partial charge on any atom is 0.248 e. The molecule has 1 fully saturated rings. The fraction of sp³-hybridized carbons (Fsp3) is 0.500. The molecule has 0 aromatic heterocycles. The zero-order valence-corrected chi connectivity index (χ0v) is 11.1. The van der Waals surface area contributed by atoms with E-state index < -0.39 is 5.92 Å². The summed E-state index contributed by atoms with van der Waals surface area (Å²) in [4.78, 5) is 0. The molecule has 0 bridgehead atoms. The lowest BCUT2D eigenvalue weighted by molar-refractivity contribution is -0.0337. The summed E-state index contributed by atoms with van der Waals surface area (Å²) in [6.45, 7) is 0. The summed E-state index contributed by atoms with van der Waals surface area (Å²) < 4.78 is 25.4. The average molecular weight is 307 g/mol. The van der Waals surface area contributed by atoms with E-state index in [1.54, 1.807) is 12.1 Å². The molecule has 17 heavy (non-hydrogen) atoms. The minimum atomic E-state index is -2.32. The van der Waals surface area contributed by atoms with E-state index >= 15 is 0 Å². The van der Waals surface area contributed by atoms with E-state index in [-0.39, 0.29) is 12.8 Å². The van der Waals surface area contributed by atoms with Crippen molar-refractivity contribution in [3.05, 3.63) is 22.7 Å². The van der Waals surface area contributed by atoms with Crippen LogP contribution in [0.1, 0.15) is 32.1 Å². The average Bonchev–Trinajstić information content (AvgIpc) is 2.24. The van der Waals surface area contributed by atoms with Crippen molar-refractivity contribution >= 4 is 27.3 Å². The van der Waals surface area contributed by atoms with Gasteiger partial charge in [-0.15, -0.1) is 0 Å². The van der Waals surface area contributed by atoms with E-state index in [1.165, 1.54) is 0 Å². The number of hydrogen-bond donors (Lipinski definition) is 2. The predicted octanol–water partition coefficient (Wildman–Crippen LogP) is 4.20. The van der Waals surface area contributed by atoms with Crippen molar-refractivity contribution in [2.45, 2.75) is 38.0 Å². The van der Waals surface area contributed by atoms with Crippen molar-refractivity contribution in [3.63, 3.8) is 0 Å². The van der Waals surface area contributed by atoms with Crippen molar-refractivity contribution in [1.29, 1.82) is 0 Å². The molecule has 1 aromatic carbocycles. The van der Waals surface area contributed by atoms with Gasteiger partial charge in [-0.3, -0.25) is 0 Å². The Kier molecular flexibility index (Phi) is 5.18. The van der Waals surface area contributed by atoms with Gasteiger partial charge >= 0.3 is 0 Å². The smallest absolute Gasteiger partial charge is 0.248 e. The van der Waals surface area contributed by atoms with Gasteiger partial charge in [-0.1, -0.05) is 22.4 Å². The molecule has 0 heterocycles. The second-order valence-electron chi connectivity index (χ2n) is 4.19. The number of alkyl halides is 2. The van der Waals surface area contributed by atoms with Gasteiger partial charge in [-0.05, 0) is 31.0 Å². The second kappa shape index (κ2) is 6.19. The van der Waals surface area contributed by atoms with E-state index in [0.29, 0.717) is 24.2 Å². The maximum absolute atomic E-state index is 12.2. The Bertz CT molecular complexity index is 362. The van der Waals surface area contributed by atoms with Crippen molar-refractivity contribution in [1.82, 2.24) is 0 Å². The highest BCUT2D eigenvalue weighted by atomic mass is 79.9. The summed E-state index contributed by atoms with van der Waals surface area (Å²) in [6.07, 6.45) is 2.66. The van der Waals surface area contributed by atoms with Gasteiger partial charge in [0.05, 0.1) is 11.4 Å². The molecule has 0 spiro atoms. The van der Waals surface area contributed by atoms with E-state index in [2.05, 4.69) is 15.9 Å². The summed E-state index contributed by atoms with van der Waals surface area (Å²) in [5.41, 5.74) is 12.1. The second-order valence-corrected chi connectivity index (χ2v) is 5.11. The number of hydrogen-bond acceptors (Lipinski definition) is 2. The molecule has 4 N–H and O–H groups in total. The number of nitrogen functional groups attached to an aromatic ring is 2. The Labute approximate surface area is 108 Å². The fourth-order valence-corrected chi connectivity index (χ4v) is 1.99. The first-order valence-electron chi connectivity index (χ1n) is 5.59. The number of halogens is 3. The van der Waals surface area contributed by atoms with Crippen LogP contribution in [0.15, 0.2) is 22.7 Å². The van der Waals surface area contributed by atoms with Crippen molar-refractivity contribution in [2.24, 2.45) is 0 Å². The van der Waals surface area contributed by atoms with Gasteiger partial charge < -0.3 is 11.5 Å².